The zero-order valence-electron chi connectivity index (χ0n) is 70.8. The summed E-state index contributed by atoms with van der Waals surface area (Å²) in [5.41, 5.74) is 38.0. The fourth-order valence-electron chi connectivity index (χ4n) is 15.8. The summed E-state index contributed by atoms with van der Waals surface area (Å²) in [6.45, 7) is 18.0. The number of carbonyl (C=O) groups is 7. The van der Waals surface area contributed by atoms with Crippen molar-refractivity contribution in [2.24, 2.45) is 55.7 Å². The Morgan fingerprint density at radius 2 is 0.722 bits per heavy atom. The van der Waals surface area contributed by atoms with Crippen LogP contribution in [0.3, 0.4) is 0 Å². The van der Waals surface area contributed by atoms with Crippen LogP contribution in [0.5, 0.6) is 0 Å². The van der Waals surface area contributed by atoms with Crippen LogP contribution in [0.15, 0.2) is 146 Å². The SMILES string of the molecule is COC(=O)CCC(=O)N1CCC(CN)(CCc2ccccc2)CC1.COC(=O)CN1CCC(CN)(CCc2ccccc2)CC1.COC(=O)CNC(=O)N1CCC(CN)(CCc2ccccc2)CC1.COC(=O)c1ccc(CCC2(CN)CCN(C(=O)OC(C)(C)C)CC2)cc1.C[N+]1(C)CCC(CN)(CCc2ccccc2)CC1.[I-]. The number of nitrogens with two attached hydrogens (primary N) is 5. The molecule has 0 unspecified atom stereocenters. The monoisotopic (exact) mass is 1710 g/mol. The van der Waals surface area contributed by atoms with Gasteiger partial charge in [0.15, 0.2) is 0 Å². The number of likely N-dealkylation sites (tertiary alicyclic amines) is 5. The number of aryl methyl sites for hydroxylation is 5. The number of nitrogens with one attached hydrogen (secondary N) is 1. The van der Waals surface area contributed by atoms with Gasteiger partial charge in [0, 0.05) is 58.5 Å². The lowest BCUT2D eigenvalue weighted by atomic mass is 9.74. The van der Waals surface area contributed by atoms with Crippen LogP contribution in [0, 0.1) is 27.1 Å². The molecule has 23 nitrogen and oxygen atoms in total. The second-order valence-electron chi connectivity index (χ2n) is 34.0. The van der Waals surface area contributed by atoms with Gasteiger partial charge in [-0.25, -0.2) is 14.4 Å². The number of hydrogen-bond acceptors (Lipinski definition) is 18. The lowest BCUT2D eigenvalue weighted by molar-refractivity contribution is -0.897. The molecule has 0 atom stereocenters. The van der Waals surface area contributed by atoms with Gasteiger partial charge >= 0.3 is 36.0 Å². The van der Waals surface area contributed by atoms with E-state index < -0.39 is 11.6 Å². The molecule has 115 heavy (non-hydrogen) atoms. The lowest BCUT2D eigenvalue weighted by Gasteiger charge is -2.44. The molecular formula is C91H140IN11O12. The van der Waals surface area contributed by atoms with E-state index in [2.05, 4.69) is 137 Å². The molecule has 4 amide bonds. The molecule has 5 aromatic carbocycles. The average molecular weight is 1710 g/mol. The number of nitrogens with zero attached hydrogens (tertiary/aromatic N) is 5. The highest BCUT2D eigenvalue weighted by Crippen LogP contribution is 2.41. The van der Waals surface area contributed by atoms with E-state index in [9.17, 15) is 33.6 Å². The molecule has 0 spiro atoms. The highest BCUT2D eigenvalue weighted by Gasteiger charge is 2.41. The molecule has 5 aromatic rings. The van der Waals surface area contributed by atoms with Crippen LogP contribution in [0.4, 0.5) is 9.59 Å². The van der Waals surface area contributed by atoms with E-state index in [-0.39, 0.29) is 101 Å². The van der Waals surface area contributed by atoms with Crippen LogP contribution in [-0.2, 0) is 75.0 Å². The highest BCUT2D eigenvalue weighted by molar-refractivity contribution is 5.89. The molecule has 0 bridgehead atoms. The molecular weight excluding hydrogens is 1570 g/mol. The molecule has 5 fully saturated rings. The minimum atomic E-state index is -0.476. The van der Waals surface area contributed by atoms with Gasteiger partial charge in [0.25, 0.3) is 0 Å². The number of carbonyl (C=O) groups excluding carboxylic acids is 7. The first-order valence-corrected chi connectivity index (χ1v) is 41.4. The molecule has 10 rings (SSSR count). The molecule has 5 saturated heterocycles. The number of rotatable bonds is 28. The third-order valence-corrected chi connectivity index (χ3v) is 24.8. The topological polar surface area (TPSA) is 321 Å². The number of piperidine rings is 5. The van der Waals surface area contributed by atoms with Gasteiger partial charge in [-0.1, -0.05) is 133 Å². The fourth-order valence-corrected chi connectivity index (χ4v) is 15.8. The molecule has 5 aliphatic rings. The van der Waals surface area contributed by atoms with Crippen molar-refractivity contribution >= 4 is 41.9 Å². The first-order valence-electron chi connectivity index (χ1n) is 41.4. The van der Waals surface area contributed by atoms with E-state index >= 15 is 0 Å². The van der Waals surface area contributed by atoms with Crippen LogP contribution in [-0.4, -0.2) is 225 Å². The molecule has 0 saturated carbocycles. The predicted molar refractivity (Wildman–Crippen MR) is 452 cm³/mol. The summed E-state index contributed by atoms with van der Waals surface area (Å²) in [6.07, 6.45) is 20.8. The lowest BCUT2D eigenvalue weighted by Crippen LogP contribution is -3.00. The summed E-state index contributed by atoms with van der Waals surface area (Å²) in [4.78, 5) is 89.2. The Morgan fingerprint density at radius 1 is 0.400 bits per heavy atom. The second kappa shape index (κ2) is 49.6. The Morgan fingerprint density at radius 3 is 1.05 bits per heavy atom. The number of esters is 4. The summed E-state index contributed by atoms with van der Waals surface area (Å²) in [7, 11) is 10.1. The van der Waals surface area contributed by atoms with Crippen molar-refractivity contribution in [3.05, 3.63) is 179 Å². The van der Waals surface area contributed by atoms with Crippen molar-refractivity contribution in [3.8, 4) is 0 Å². The van der Waals surface area contributed by atoms with Crippen molar-refractivity contribution in [3.63, 3.8) is 0 Å². The van der Waals surface area contributed by atoms with E-state index in [0.29, 0.717) is 63.3 Å². The largest absolute Gasteiger partial charge is 1.00 e. The minimum Gasteiger partial charge on any atom is -1.00 e. The zero-order chi connectivity index (χ0) is 83.1. The van der Waals surface area contributed by atoms with Crippen molar-refractivity contribution in [2.45, 2.75) is 168 Å². The Balaban J connectivity index is 0.000000257. The number of methoxy groups -OCH3 is 4. The van der Waals surface area contributed by atoms with Gasteiger partial charge in [0.2, 0.25) is 5.91 Å². The number of benzene rings is 5. The Bertz CT molecular complexity index is 3530. The number of quaternary nitrogens is 1. The number of amides is 4. The Hall–Kier alpha value is -7.56. The van der Waals surface area contributed by atoms with Crippen LogP contribution in [0.2, 0.25) is 0 Å². The minimum absolute atomic E-state index is 0. The number of hydrogen-bond donors (Lipinski definition) is 6. The van der Waals surface area contributed by atoms with Crippen molar-refractivity contribution in [1.82, 2.24) is 24.9 Å². The Labute approximate surface area is 704 Å². The van der Waals surface area contributed by atoms with Gasteiger partial charge in [0.05, 0.1) is 74.2 Å². The maximum atomic E-state index is 12.2. The third-order valence-electron chi connectivity index (χ3n) is 24.8. The molecule has 638 valence electrons. The quantitative estimate of drug-likeness (QED) is 0.0119. The Kier molecular flexibility index (Phi) is 42.3. The predicted octanol–water partition coefficient (Wildman–Crippen LogP) is 8.34. The maximum absolute atomic E-state index is 12.2. The van der Waals surface area contributed by atoms with Gasteiger partial charge in [-0.3, -0.25) is 24.1 Å². The van der Waals surface area contributed by atoms with Crippen molar-refractivity contribution in [1.29, 1.82) is 0 Å². The summed E-state index contributed by atoms with van der Waals surface area (Å²) >= 11 is 0. The number of halogens is 1. The molecule has 0 aromatic heterocycles. The van der Waals surface area contributed by atoms with Crippen LogP contribution >= 0.6 is 0 Å². The van der Waals surface area contributed by atoms with Crippen molar-refractivity contribution < 1.29 is 85.7 Å². The van der Waals surface area contributed by atoms with Gasteiger partial charge in [0.1, 0.15) is 12.1 Å². The van der Waals surface area contributed by atoms with Gasteiger partial charge in [-0.2, -0.15) is 0 Å². The van der Waals surface area contributed by atoms with E-state index in [1.54, 1.807) is 21.9 Å². The second-order valence-corrected chi connectivity index (χ2v) is 34.0. The third kappa shape index (κ3) is 34.1. The summed E-state index contributed by atoms with van der Waals surface area (Å²) < 4.78 is 25.2. The van der Waals surface area contributed by atoms with Crippen LogP contribution in [0.25, 0.3) is 0 Å². The molecule has 5 heterocycles. The summed E-state index contributed by atoms with van der Waals surface area (Å²) in [6, 6.07) is 49.5. The molecule has 0 aliphatic carbocycles. The summed E-state index contributed by atoms with van der Waals surface area (Å²) in [5.74, 6) is -1.22. The smallest absolute Gasteiger partial charge is 0.410 e. The van der Waals surface area contributed by atoms with E-state index in [4.69, 9.17) is 42.9 Å². The number of ether oxygens (including phenoxy) is 5. The normalized spacial score (nSPS) is 17.6. The fraction of sp³-hybridized carbons (Fsp3) is 0.593. The number of urea groups is 1. The van der Waals surface area contributed by atoms with Crippen LogP contribution in [0.1, 0.15) is 168 Å². The van der Waals surface area contributed by atoms with Gasteiger partial charge in [-0.15, -0.1) is 0 Å². The molecule has 24 heteroatoms. The van der Waals surface area contributed by atoms with Gasteiger partial charge in [-0.05, 0) is 249 Å². The molecule has 11 N–H and O–H groups in total. The zero-order valence-corrected chi connectivity index (χ0v) is 73.0. The van der Waals surface area contributed by atoms with E-state index in [1.807, 2.05) is 56.0 Å². The van der Waals surface area contributed by atoms with Gasteiger partial charge < -0.3 is 101 Å². The van der Waals surface area contributed by atoms with E-state index in [0.717, 1.165) is 146 Å². The molecule has 0 radical (unpaired) electrons. The first kappa shape index (κ1) is 98.0. The average Bonchev–Trinajstić information content (AvgIpc) is 0.832. The van der Waals surface area contributed by atoms with Crippen LogP contribution < -0.4 is 58.0 Å². The highest BCUT2D eigenvalue weighted by atomic mass is 127. The van der Waals surface area contributed by atoms with E-state index in [1.165, 1.54) is 95.0 Å². The van der Waals surface area contributed by atoms with Crippen molar-refractivity contribution in [2.75, 3.05) is 154 Å². The summed E-state index contributed by atoms with van der Waals surface area (Å²) in [5, 5.41) is 2.59. The maximum Gasteiger partial charge on any atom is 0.410 e. The standard InChI is InChI=1S/C21H32N2O4.C19H28N2O3.C18H27N3O3.C17H26N2O2.C16H27N2.HI/c1-20(2,3)27-19(25)23-13-11-21(15-22,12-14-23)10-9-16-5-7-17(8-6-16)18(24)26-4;1-24-18(23)8-7-17(22)21-13-11-19(15-20,12-14-21)10-9-16-5-3-2-4-6-16;1-24-16(22)13-20-17(23)21-11-9-18(14-19,10-12-21)8-7-15-5-3-2-4-6-15;1-21-16(20)13-19-11-9-17(14-18,10-12-19)8-7-15-5-3-2-4-6-15;1-18(2)12-10-16(14-17,11-13-18)9-8-15-6-4-3-5-7-15;/h5-8H,9-15,22H2,1-4H3;2-6H,7-15,20H2,1H3;2-6H,7-14,19H2,1H3,(H,20,23);2-6H,7-14,18H2,1H3;3-7H,8-14,17H2,1-2H3;1H/q;;;;+1;/p-1. The first-order chi connectivity index (χ1) is 54.6. The molecule has 5 aliphatic heterocycles.